The minimum atomic E-state index is 0.758. The number of allylic oxidation sites excluding steroid dienone is 1. The molecule has 0 aromatic carbocycles. The second-order valence-corrected chi connectivity index (χ2v) is 3.25. The van der Waals surface area contributed by atoms with E-state index in [2.05, 4.69) is 48.6 Å². The normalized spacial score (nSPS) is 9.80. The quantitative estimate of drug-likeness (QED) is 0.819. The van der Waals surface area contributed by atoms with Crippen LogP contribution >= 0.6 is 31.9 Å². The van der Waals surface area contributed by atoms with Crippen LogP contribution in [-0.4, -0.2) is 15.5 Å². The van der Waals surface area contributed by atoms with E-state index < -0.39 is 0 Å². The number of H-pyrrole nitrogens is 1. The Morgan fingerprint density at radius 1 is 1.80 bits per heavy atom. The van der Waals surface area contributed by atoms with Gasteiger partial charge in [0, 0.05) is 5.33 Å². The van der Waals surface area contributed by atoms with Crippen LogP contribution < -0.4 is 0 Å². The second kappa shape index (κ2) is 3.34. The van der Waals surface area contributed by atoms with Gasteiger partial charge in [0.25, 0.3) is 0 Å². The molecule has 0 aliphatic carbocycles. The minimum Gasteiger partial charge on any atom is -0.277 e. The summed E-state index contributed by atoms with van der Waals surface area (Å²) in [6, 6.07) is 0. The van der Waals surface area contributed by atoms with Gasteiger partial charge in [-0.15, -0.1) is 0 Å². The van der Waals surface area contributed by atoms with Crippen LogP contribution in [0.3, 0.4) is 0 Å². The number of aromatic amines is 1. The Morgan fingerprint density at radius 2 is 2.50 bits per heavy atom. The topological polar surface area (TPSA) is 28.7 Å². The van der Waals surface area contributed by atoms with Crippen LogP contribution in [0.5, 0.6) is 0 Å². The molecule has 1 aromatic rings. The number of rotatable bonds is 2. The maximum Gasteiger partial charge on any atom is 0.0754 e. The molecular weight excluding hydrogens is 260 g/mol. The second-order valence-electron chi connectivity index (χ2n) is 1.83. The summed E-state index contributed by atoms with van der Waals surface area (Å²) >= 11 is 6.63. The van der Waals surface area contributed by atoms with Crippen LogP contribution in [0.4, 0.5) is 0 Å². The van der Waals surface area contributed by atoms with Crippen LogP contribution in [0.25, 0.3) is 5.57 Å². The lowest BCUT2D eigenvalue weighted by molar-refractivity contribution is 1.07. The number of halogens is 2. The molecule has 4 heteroatoms. The Labute approximate surface area is 76.0 Å². The molecule has 0 atom stereocenters. The van der Waals surface area contributed by atoms with Crippen molar-refractivity contribution in [2.45, 2.75) is 0 Å². The maximum absolute atomic E-state index is 3.84. The molecule has 0 aliphatic heterocycles. The number of hydrogen-bond donors (Lipinski definition) is 1. The molecule has 0 bridgehead atoms. The van der Waals surface area contributed by atoms with Gasteiger partial charge in [0.2, 0.25) is 0 Å². The van der Waals surface area contributed by atoms with Crippen molar-refractivity contribution in [2.75, 3.05) is 5.33 Å². The van der Waals surface area contributed by atoms with Crippen LogP contribution in [0.1, 0.15) is 5.69 Å². The molecule has 10 heavy (non-hydrogen) atoms. The Kier molecular flexibility index (Phi) is 2.68. The summed E-state index contributed by atoms with van der Waals surface area (Å²) in [6.07, 6.45) is 1.71. The first kappa shape index (κ1) is 8.01. The highest BCUT2D eigenvalue weighted by molar-refractivity contribution is 9.10. The van der Waals surface area contributed by atoms with E-state index in [9.17, 15) is 0 Å². The molecule has 0 saturated heterocycles. The fraction of sp³-hybridized carbons (Fsp3) is 0.167. The van der Waals surface area contributed by atoms with E-state index in [1.807, 2.05) is 0 Å². The van der Waals surface area contributed by atoms with Crippen molar-refractivity contribution in [3.05, 3.63) is 22.9 Å². The molecule has 0 fully saturated rings. The molecule has 1 rings (SSSR count). The smallest absolute Gasteiger partial charge is 0.0754 e. The monoisotopic (exact) mass is 264 g/mol. The highest BCUT2D eigenvalue weighted by atomic mass is 79.9. The first-order valence-electron chi connectivity index (χ1n) is 2.68. The number of alkyl halides is 1. The lowest BCUT2D eigenvalue weighted by atomic mass is 10.2. The molecule has 54 valence electrons. The fourth-order valence-corrected chi connectivity index (χ4v) is 1.34. The van der Waals surface area contributed by atoms with Crippen molar-refractivity contribution >= 4 is 37.4 Å². The number of nitrogens with zero attached hydrogens (tertiary/aromatic N) is 1. The van der Waals surface area contributed by atoms with Crippen molar-refractivity contribution in [3.63, 3.8) is 0 Å². The van der Waals surface area contributed by atoms with Gasteiger partial charge in [-0.25, -0.2) is 0 Å². The van der Waals surface area contributed by atoms with E-state index in [1.165, 1.54) is 0 Å². The largest absolute Gasteiger partial charge is 0.277 e. The van der Waals surface area contributed by atoms with Crippen molar-refractivity contribution in [3.8, 4) is 0 Å². The Morgan fingerprint density at radius 3 is 2.90 bits per heavy atom. The van der Waals surface area contributed by atoms with Gasteiger partial charge in [-0.1, -0.05) is 22.5 Å². The summed E-state index contributed by atoms with van der Waals surface area (Å²) in [4.78, 5) is 0. The van der Waals surface area contributed by atoms with E-state index in [1.54, 1.807) is 6.20 Å². The van der Waals surface area contributed by atoms with Gasteiger partial charge < -0.3 is 0 Å². The third-order valence-corrected chi connectivity index (χ3v) is 2.39. The predicted molar refractivity (Wildman–Crippen MR) is 49.1 cm³/mol. The number of hydrogen-bond acceptors (Lipinski definition) is 1. The molecule has 0 amide bonds. The first-order valence-corrected chi connectivity index (χ1v) is 4.60. The van der Waals surface area contributed by atoms with Crippen LogP contribution in [0, 0.1) is 0 Å². The third-order valence-electron chi connectivity index (χ3n) is 1.11. The predicted octanol–water partition coefficient (Wildman–Crippen LogP) is 2.58. The van der Waals surface area contributed by atoms with Gasteiger partial charge in [-0.3, -0.25) is 5.10 Å². The number of aromatic nitrogens is 2. The SMILES string of the molecule is C=C(CBr)c1[nH]ncc1Br. The molecule has 0 radical (unpaired) electrons. The van der Waals surface area contributed by atoms with Crippen molar-refractivity contribution in [1.29, 1.82) is 0 Å². The highest BCUT2D eigenvalue weighted by Crippen LogP contribution is 2.20. The van der Waals surface area contributed by atoms with E-state index in [-0.39, 0.29) is 0 Å². The van der Waals surface area contributed by atoms with E-state index in [0.29, 0.717) is 0 Å². The van der Waals surface area contributed by atoms with Crippen LogP contribution in [0.2, 0.25) is 0 Å². The zero-order chi connectivity index (χ0) is 7.56. The molecule has 1 N–H and O–H groups in total. The molecule has 0 aliphatic rings. The third kappa shape index (κ3) is 1.49. The summed E-state index contributed by atoms with van der Waals surface area (Å²) in [5, 5.41) is 7.42. The average molecular weight is 266 g/mol. The summed E-state index contributed by atoms with van der Waals surface area (Å²) in [7, 11) is 0. The zero-order valence-corrected chi connectivity index (χ0v) is 8.37. The Bertz CT molecular complexity index is 242. The molecule has 0 saturated carbocycles. The van der Waals surface area contributed by atoms with Gasteiger partial charge in [0.1, 0.15) is 0 Å². The lowest BCUT2D eigenvalue weighted by Gasteiger charge is -1.95. The summed E-state index contributed by atoms with van der Waals surface area (Å²) in [5.74, 6) is 0. The lowest BCUT2D eigenvalue weighted by Crippen LogP contribution is -1.84. The average Bonchev–Trinajstić information content (AvgIpc) is 2.34. The molecule has 0 spiro atoms. The van der Waals surface area contributed by atoms with Gasteiger partial charge in [-0.2, -0.15) is 5.10 Å². The van der Waals surface area contributed by atoms with E-state index in [0.717, 1.165) is 21.1 Å². The van der Waals surface area contributed by atoms with E-state index >= 15 is 0 Å². The standard InChI is InChI=1S/C6H6Br2N2/c1-4(2-7)6-5(8)3-9-10-6/h3H,1-2H2,(H,9,10). The summed E-state index contributed by atoms with van der Waals surface area (Å²) in [5.41, 5.74) is 1.95. The van der Waals surface area contributed by atoms with Crippen LogP contribution in [0.15, 0.2) is 17.2 Å². The Balaban J connectivity index is 2.93. The van der Waals surface area contributed by atoms with Crippen LogP contribution in [-0.2, 0) is 0 Å². The molecule has 1 heterocycles. The Hall–Kier alpha value is -0.0900. The van der Waals surface area contributed by atoms with Gasteiger partial charge in [-0.05, 0) is 21.5 Å². The first-order chi connectivity index (χ1) is 4.75. The van der Waals surface area contributed by atoms with Gasteiger partial charge in [0.05, 0.1) is 16.4 Å². The highest BCUT2D eigenvalue weighted by Gasteiger charge is 2.03. The maximum atomic E-state index is 3.84. The van der Waals surface area contributed by atoms with E-state index in [4.69, 9.17) is 0 Å². The minimum absolute atomic E-state index is 0.758. The van der Waals surface area contributed by atoms with Crippen molar-refractivity contribution < 1.29 is 0 Å². The molecule has 0 unspecified atom stereocenters. The van der Waals surface area contributed by atoms with Crippen molar-refractivity contribution in [2.24, 2.45) is 0 Å². The van der Waals surface area contributed by atoms with Crippen molar-refractivity contribution in [1.82, 2.24) is 10.2 Å². The van der Waals surface area contributed by atoms with Gasteiger partial charge in [0.15, 0.2) is 0 Å². The molecule has 1 aromatic heterocycles. The fourth-order valence-electron chi connectivity index (χ4n) is 0.586. The molecular formula is C6H6Br2N2. The number of nitrogens with one attached hydrogen (secondary N) is 1. The summed E-state index contributed by atoms with van der Waals surface area (Å²) < 4.78 is 0.956. The van der Waals surface area contributed by atoms with Gasteiger partial charge >= 0.3 is 0 Å². The molecule has 2 nitrogen and oxygen atoms in total. The summed E-state index contributed by atoms with van der Waals surface area (Å²) in [6.45, 7) is 3.83. The zero-order valence-electron chi connectivity index (χ0n) is 5.19.